The van der Waals surface area contributed by atoms with E-state index in [0.717, 1.165) is 80.6 Å². The number of likely N-dealkylation sites (tertiary alicyclic amines) is 1. The highest BCUT2D eigenvalue weighted by Crippen LogP contribution is 2.38. The van der Waals surface area contributed by atoms with Gasteiger partial charge in [-0.3, -0.25) is 9.69 Å². The molecule has 0 N–H and O–H groups in total. The Morgan fingerprint density at radius 3 is 2.33 bits per heavy atom. The number of carbonyl (C=O) groups is 1. The fraction of sp³-hybridized carbons (Fsp3) is 0.478. The van der Waals surface area contributed by atoms with Gasteiger partial charge in [-0.15, -0.1) is 0 Å². The predicted octanol–water partition coefficient (Wildman–Crippen LogP) is 8.15. The number of benzene rings is 3. The number of hydrogen-bond acceptors (Lipinski definition) is 12. The third-order valence-electron chi connectivity index (χ3n) is 11.6. The summed E-state index contributed by atoms with van der Waals surface area (Å²) in [7, 11) is 0. The molecule has 13 nitrogen and oxygen atoms in total. The first-order valence-electron chi connectivity index (χ1n) is 21.5. The smallest absolute Gasteiger partial charge is 0.318 e. The minimum absolute atomic E-state index is 0.0534. The largest absolute Gasteiger partial charge is 0.489 e. The first-order chi connectivity index (χ1) is 30.7. The van der Waals surface area contributed by atoms with Crippen molar-refractivity contribution in [3.63, 3.8) is 0 Å². The van der Waals surface area contributed by atoms with Crippen LogP contribution >= 0.6 is 43.5 Å². The van der Waals surface area contributed by atoms with Crippen LogP contribution in [-0.4, -0.2) is 130 Å². The minimum Gasteiger partial charge on any atom is -0.489 e. The molecule has 1 aromatic heterocycles. The van der Waals surface area contributed by atoms with Crippen molar-refractivity contribution in [1.29, 1.82) is 5.26 Å². The second-order valence-corrected chi connectivity index (χ2v) is 17.8. The number of carbonyl (C=O) groups excluding carboxylic acids is 1. The second kappa shape index (κ2) is 23.2. The number of nitrogens with zero attached hydrogens (tertiary/aromatic N) is 7. The lowest BCUT2D eigenvalue weighted by atomic mass is 10.0. The molecule has 2 saturated heterocycles. The molecule has 2 atom stereocenters. The van der Waals surface area contributed by atoms with Crippen molar-refractivity contribution in [1.82, 2.24) is 19.8 Å². The van der Waals surface area contributed by atoms with Crippen LogP contribution in [0.5, 0.6) is 11.8 Å². The van der Waals surface area contributed by atoms with Gasteiger partial charge in [-0.2, -0.15) is 15.2 Å². The van der Waals surface area contributed by atoms with E-state index in [2.05, 4.69) is 77.4 Å². The summed E-state index contributed by atoms with van der Waals surface area (Å²) in [4.78, 5) is 31.0. The highest BCUT2D eigenvalue weighted by molar-refractivity contribution is 9.11. The van der Waals surface area contributed by atoms with Crippen LogP contribution < -0.4 is 19.3 Å². The standard InChI is InChI=1S/C46H53Br2ClFN7O6/c1-32(50)45(58)57-21-20-56(29-34(57)14-16-51)44-36-15-19-55(41-13-3-8-33-7-2-12-39(49)42(33)41)30-40(36)52-46(53-44)63-31-35-9-5-17-54(35)18-6-22-59-23-24-60-25-26-61-27-28-62-43-37(47)10-4-11-38(43)48/h2-4,7-8,10-13,34-35H,1,5-6,9,14-15,17-31H2/t34-,35-/m0/s1. The fourth-order valence-corrected chi connectivity index (χ4v) is 10.0. The Hall–Kier alpha value is -4.08. The van der Waals surface area contributed by atoms with Gasteiger partial charge in [-0.05, 0) is 93.7 Å². The number of amides is 1. The molecule has 336 valence electrons. The van der Waals surface area contributed by atoms with Gasteiger partial charge < -0.3 is 38.4 Å². The summed E-state index contributed by atoms with van der Waals surface area (Å²) < 4.78 is 45.3. The van der Waals surface area contributed by atoms with Gasteiger partial charge in [0, 0.05) is 62.0 Å². The molecule has 0 unspecified atom stereocenters. The van der Waals surface area contributed by atoms with Crippen LogP contribution in [0.15, 0.2) is 75.9 Å². The van der Waals surface area contributed by atoms with Gasteiger partial charge in [0.15, 0.2) is 5.83 Å². The summed E-state index contributed by atoms with van der Waals surface area (Å²) in [5.41, 5.74) is 2.89. The second-order valence-electron chi connectivity index (χ2n) is 15.6. The molecule has 0 bridgehead atoms. The maximum Gasteiger partial charge on any atom is 0.318 e. The summed E-state index contributed by atoms with van der Waals surface area (Å²) in [6, 6.07) is 20.1. The highest BCUT2D eigenvalue weighted by Gasteiger charge is 2.35. The average molecular weight is 1010 g/mol. The van der Waals surface area contributed by atoms with Gasteiger partial charge >= 0.3 is 6.01 Å². The van der Waals surface area contributed by atoms with E-state index in [1.54, 1.807) is 0 Å². The number of para-hydroxylation sites is 1. The number of nitriles is 1. The van der Waals surface area contributed by atoms with E-state index in [9.17, 15) is 14.4 Å². The molecule has 63 heavy (non-hydrogen) atoms. The maximum atomic E-state index is 14.0. The summed E-state index contributed by atoms with van der Waals surface area (Å²) >= 11 is 13.8. The number of rotatable bonds is 21. The molecule has 17 heteroatoms. The summed E-state index contributed by atoms with van der Waals surface area (Å²) in [6.45, 7) is 11.2. The van der Waals surface area contributed by atoms with Gasteiger partial charge in [-0.1, -0.05) is 48.5 Å². The third kappa shape index (κ3) is 12.2. The van der Waals surface area contributed by atoms with Gasteiger partial charge in [0.1, 0.15) is 24.8 Å². The number of piperazine rings is 1. The van der Waals surface area contributed by atoms with Gasteiger partial charge in [0.2, 0.25) is 0 Å². The molecule has 3 aromatic carbocycles. The lowest BCUT2D eigenvalue weighted by Crippen LogP contribution is -2.55. The SMILES string of the molecule is C=C(F)C(=O)N1CCN(c2nc(OC[C@@H]3CCCN3CCCOCCOCCOCCOc3c(Br)cccc3Br)nc3c2CCN(c2cccc4cccc(Cl)c24)C3)C[C@@H]1CC#N. The molecule has 0 aliphatic carbocycles. The quantitative estimate of drug-likeness (QED) is 0.0591. The molecular formula is C46H53Br2ClFN7O6. The Bertz CT molecular complexity index is 2230. The number of fused-ring (bicyclic) bond motifs is 2. The summed E-state index contributed by atoms with van der Waals surface area (Å²) in [5, 5.41) is 12.4. The van der Waals surface area contributed by atoms with Crippen LogP contribution in [0.4, 0.5) is 15.9 Å². The Morgan fingerprint density at radius 1 is 0.873 bits per heavy atom. The topological polar surface area (TPSA) is 126 Å². The van der Waals surface area contributed by atoms with Crippen LogP contribution in [0.2, 0.25) is 5.02 Å². The average Bonchev–Trinajstić information content (AvgIpc) is 3.74. The van der Waals surface area contributed by atoms with E-state index in [1.165, 1.54) is 4.90 Å². The number of aromatic nitrogens is 2. The molecule has 0 saturated carbocycles. The molecule has 0 radical (unpaired) electrons. The molecule has 2 fully saturated rings. The molecule has 1 amide bonds. The van der Waals surface area contributed by atoms with Crippen molar-refractivity contribution in [2.24, 2.45) is 0 Å². The van der Waals surface area contributed by atoms with E-state index in [-0.39, 0.29) is 25.0 Å². The van der Waals surface area contributed by atoms with Crippen molar-refractivity contribution in [3.8, 4) is 17.8 Å². The van der Waals surface area contributed by atoms with Crippen molar-refractivity contribution in [3.05, 3.63) is 92.2 Å². The first-order valence-corrected chi connectivity index (χ1v) is 23.4. The molecule has 3 aliphatic rings. The molecule has 7 rings (SSSR count). The zero-order chi connectivity index (χ0) is 44.1. The van der Waals surface area contributed by atoms with E-state index < -0.39 is 17.8 Å². The summed E-state index contributed by atoms with van der Waals surface area (Å²) in [6.07, 6.45) is 3.68. The molecular weight excluding hydrogens is 961 g/mol. The number of hydrogen-bond donors (Lipinski definition) is 0. The highest BCUT2D eigenvalue weighted by atomic mass is 79.9. The maximum absolute atomic E-state index is 14.0. The van der Waals surface area contributed by atoms with Crippen LogP contribution in [-0.2, 0) is 32.0 Å². The van der Waals surface area contributed by atoms with Crippen molar-refractivity contribution in [2.45, 2.75) is 50.7 Å². The molecule has 4 heterocycles. The number of ether oxygens (including phenoxy) is 5. The van der Waals surface area contributed by atoms with Crippen molar-refractivity contribution >= 4 is 71.6 Å². The third-order valence-corrected chi connectivity index (χ3v) is 13.1. The molecule has 0 spiro atoms. The Morgan fingerprint density at radius 2 is 1.59 bits per heavy atom. The Balaban J connectivity index is 0.915. The predicted molar refractivity (Wildman–Crippen MR) is 248 cm³/mol. The van der Waals surface area contributed by atoms with Crippen LogP contribution in [0.25, 0.3) is 10.8 Å². The minimum atomic E-state index is -1.03. The van der Waals surface area contributed by atoms with Crippen LogP contribution in [0.1, 0.15) is 36.9 Å². The first kappa shape index (κ1) is 46.9. The van der Waals surface area contributed by atoms with Gasteiger partial charge in [0.25, 0.3) is 5.91 Å². The lowest BCUT2D eigenvalue weighted by molar-refractivity contribution is -0.131. The normalized spacial score (nSPS) is 17.8. The van der Waals surface area contributed by atoms with Crippen LogP contribution in [0.3, 0.4) is 0 Å². The molecule has 4 aromatic rings. The zero-order valence-corrected chi connectivity index (χ0v) is 39.2. The zero-order valence-electron chi connectivity index (χ0n) is 35.3. The van der Waals surface area contributed by atoms with E-state index in [0.29, 0.717) is 90.5 Å². The number of anilines is 2. The number of halogens is 4. The Kier molecular flexibility index (Phi) is 17.3. The fourth-order valence-electron chi connectivity index (χ4n) is 8.49. The monoisotopic (exact) mass is 1010 g/mol. The summed E-state index contributed by atoms with van der Waals surface area (Å²) in [5.74, 6) is -0.324. The van der Waals surface area contributed by atoms with Gasteiger partial charge in [0.05, 0.1) is 77.8 Å². The Labute approximate surface area is 390 Å². The van der Waals surface area contributed by atoms with Crippen molar-refractivity contribution < 1.29 is 32.9 Å². The van der Waals surface area contributed by atoms with Gasteiger partial charge in [-0.25, -0.2) is 4.39 Å². The van der Waals surface area contributed by atoms with E-state index in [1.807, 2.05) is 36.4 Å². The van der Waals surface area contributed by atoms with Crippen LogP contribution in [0, 0.1) is 11.3 Å². The van der Waals surface area contributed by atoms with E-state index in [4.69, 9.17) is 45.3 Å². The molecule has 3 aliphatic heterocycles. The van der Waals surface area contributed by atoms with E-state index >= 15 is 0 Å². The van der Waals surface area contributed by atoms with Crippen molar-refractivity contribution in [2.75, 3.05) is 102 Å². The lowest BCUT2D eigenvalue weighted by Gasteiger charge is -2.42.